The van der Waals surface area contributed by atoms with Crippen LogP contribution in [0.2, 0.25) is 0 Å². The summed E-state index contributed by atoms with van der Waals surface area (Å²) >= 11 is 0. The zero-order valence-electron chi connectivity index (χ0n) is 30.7. The first-order valence-electron chi connectivity index (χ1n) is 18.3. The van der Waals surface area contributed by atoms with Crippen molar-refractivity contribution in [3.05, 3.63) is 96.1 Å². The third-order valence-corrected chi connectivity index (χ3v) is 7.78. The monoisotopic (exact) mass is 710 g/mol. The second kappa shape index (κ2) is 21.8. The molecule has 0 N–H and O–H groups in total. The van der Waals surface area contributed by atoms with Gasteiger partial charge < -0.3 is 28.4 Å². The number of azo groups is 1. The van der Waals surface area contributed by atoms with Gasteiger partial charge in [-0.25, -0.2) is 9.59 Å². The summed E-state index contributed by atoms with van der Waals surface area (Å²) in [6, 6.07) is 23.8. The zero-order chi connectivity index (χ0) is 37.0. The molecule has 0 aliphatic heterocycles. The second-order valence-electron chi connectivity index (χ2n) is 12.1. The van der Waals surface area contributed by atoms with E-state index in [0.717, 1.165) is 51.4 Å². The Kier molecular flexibility index (Phi) is 16.5. The Balaban J connectivity index is 1.50. The van der Waals surface area contributed by atoms with E-state index in [2.05, 4.69) is 37.9 Å². The molecule has 0 heterocycles. The highest BCUT2D eigenvalue weighted by molar-refractivity contribution is 5.92. The second-order valence-corrected chi connectivity index (χ2v) is 12.1. The minimum atomic E-state index is -0.538. The third kappa shape index (κ3) is 12.4. The molecule has 276 valence electrons. The Bertz CT molecular complexity index is 1700. The zero-order valence-corrected chi connectivity index (χ0v) is 30.7. The molecule has 0 saturated carbocycles. The van der Waals surface area contributed by atoms with Crippen LogP contribution in [-0.4, -0.2) is 38.4 Å². The number of hydrogen-bond acceptors (Lipinski definition) is 10. The van der Waals surface area contributed by atoms with Crippen molar-refractivity contribution in [1.29, 1.82) is 0 Å². The van der Waals surface area contributed by atoms with Gasteiger partial charge in [0.05, 0.1) is 43.2 Å². The summed E-state index contributed by atoms with van der Waals surface area (Å²) in [5.74, 6) is 1.61. The Morgan fingerprint density at radius 3 is 1.40 bits per heavy atom. The number of esters is 2. The first kappa shape index (κ1) is 39.4. The highest BCUT2D eigenvalue weighted by atomic mass is 16.6. The molecular formula is C42H50N2O8. The molecule has 0 aliphatic carbocycles. The molecule has 0 bridgehead atoms. The molecule has 4 rings (SSSR count). The van der Waals surface area contributed by atoms with Crippen LogP contribution in [0, 0.1) is 0 Å². The van der Waals surface area contributed by atoms with Gasteiger partial charge in [0.25, 0.3) is 0 Å². The minimum absolute atomic E-state index is 0.222. The molecule has 0 amide bonds. The molecule has 0 aliphatic rings. The summed E-state index contributed by atoms with van der Waals surface area (Å²) in [6.07, 6.45) is 7.45. The van der Waals surface area contributed by atoms with Gasteiger partial charge in [0.15, 0.2) is 11.5 Å². The maximum Gasteiger partial charge on any atom is 0.343 e. The molecule has 0 fully saturated rings. The van der Waals surface area contributed by atoms with Crippen molar-refractivity contribution in [1.82, 2.24) is 0 Å². The Hall–Kier alpha value is -5.38. The lowest BCUT2D eigenvalue weighted by molar-refractivity contribution is 0.0720. The van der Waals surface area contributed by atoms with E-state index >= 15 is 0 Å². The average Bonchev–Trinajstić information content (AvgIpc) is 3.16. The third-order valence-electron chi connectivity index (χ3n) is 7.78. The topological polar surface area (TPSA) is 114 Å². The predicted octanol–water partition coefficient (Wildman–Crippen LogP) is 11.3. The first-order valence-corrected chi connectivity index (χ1v) is 18.3. The fraction of sp³-hybridized carbons (Fsp3) is 0.381. The van der Waals surface area contributed by atoms with Crippen molar-refractivity contribution in [3.8, 4) is 34.5 Å². The van der Waals surface area contributed by atoms with E-state index in [1.54, 1.807) is 84.9 Å². The van der Waals surface area contributed by atoms with Crippen molar-refractivity contribution >= 4 is 23.3 Å². The van der Waals surface area contributed by atoms with Crippen molar-refractivity contribution in [2.24, 2.45) is 10.2 Å². The number of carbonyl (C=O) groups is 2. The van der Waals surface area contributed by atoms with E-state index in [1.807, 2.05) is 0 Å². The number of unbranched alkanes of at least 4 members (excludes halogenated alkanes) is 4. The van der Waals surface area contributed by atoms with Gasteiger partial charge in [-0.3, -0.25) is 0 Å². The highest BCUT2D eigenvalue weighted by Crippen LogP contribution is 2.45. The lowest BCUT2D eigenvalue weighted by Gasteiger charge is -2.17. The van der Waals surface area contributed by atoms with Crippen molar-refractivity contribution < 1.29 is 38.0 Å². The smallest absolute Gasteiger partial charge is 0.343 e. The van der Waals surface area contributed by atoms with Crippen LogP contribution >= 0.6 is 0 Å². The van der Waals surface area contributed by atoms with Gasteiger partial charge in [0.2, 0.25) is 5.75 Å². The van der Waals surface area contributed by atoms with E-state index in [9.17, 15) is 9.59 Å². The Morgan fingerprint density at radius 2 is 0.904 bits per heavy atom. The van der Waals surface area contributed by atoms with E-state index in [4.69, 9.17) is 28.4 Å². The Morgan fingerprint density at radius 1 is 0.462 bits per heavy atom. The summed E-state index contributed by atoms with van der Waals surface area (Å²) in [5.41, 5.74) is 1.73. The highest BCUT2D eigenvalue weighted by Gasteiger charge is 2.21. The number of benzene rings is 4. The van der Waals surface area contributed by atoms with Gasteiger partial charge in [-0.1, -0.05) is 53.4 Å². The van der Waals surface area contributed by atoms with Crippen LogP contribution in [0.1, 0.15) is 99.8 Å². The molecule has 0 radical (unpaired) electrons. The number of hydrogen-bond donors (Lipinski definition) is 0. The van der Waals surface area contributed by atoms with E-state index in [1.165, 1.54) is 0 Å². The van der Waals surface area contributed by atoms with Gasteiger partial charge in [0.1, 0.15) is 22.9 Å². The summed E-state index contributed by atoms with van der Waals surface area (Å²) in [4.78, 5) is 25.9. The van der Waals surface area contributed by atoms with Gasteiger partial charge >= 0.3 is 11.9 Å². The Labute approximate surface area is 307 Å². The van der Waals surface area contributed by atoms with Crippen LogP contribution in [0.15, 0.2) is 95.2 Å². The van der Waals surface area contributed by atoms with E-state index in [0.29, 0.717) is 71.9 Å². The molecule has 0 aromatic heterocycles. The van der Waals surface area contributed by atoms with Crippen molar-refractivity contribution in [3.63, 3.8) is 0 Å². The molecule has 0 saturated heterocycles. The molecule has 10 nitrogen and oxygen atoms in total. The molecule has 0 spiro atoms. The normalized spacial score (nSPS) is 10.9. The van der Waals surface area contributed by atoms with Crippen LogP contribution < -0.4 is 28.4 Å². The van der Waals surface area contributed by atoms with Crippen molar-refractivity contribution in [2.75, 3.05) is 26.4 Å². The average molecular weight is 711 g/mol. The number of carbonyl (C=O) groups excluding carboxylic acids is 2. The predicted molar refractivity (Wildman–Crippen MR) is 201 cm³/mol. The lowest BCUT2D eigenvalue weighted by Crippen LogP contribution is -2.11. The van der Waals surface area contributed by atoms with Crippen LogP contribution in [0.4, 0.5) is 11.4 Å². The van der Waals surface area contributed by atoms with E-state index in [-0.39, 0.29) is 11.5 Å². The fourth-order valence-corrected chi connectivity index (χ4v) is 4.67. The van der Waals surface area contributed by atoms with Gasteiger partial charge in [0, 0.05) is 0 Å². The van der Waals surface area contributed by atoms with Crippen LogP contribution in [0.5, 0.6) is 34.5 Å². The van der Waals surface area contributed by atoms with Crippen LogP contribution in [0.3, 0.4) is 0 Å². The van der Waals surface area contributed by atoms with Crippen molar-refractivity contribution in [2.45, 2.75) is 79.1 Å². The SMILES string of the molecule is CCCCOc1ccc(C(=O)Oc2ccc(N=Nc3ccc(OC(=O)c4ccc(OCCCC)cc4)c(OCCCC)c3OCCCC)cc2)cc1. The molecular weight excluding hydrogens is 660 g/mol. The molecule has 52 heavy (non-hydrogen) atoms. The maximum atomic E-state index is 13.2. The number of rotatable bonds is 22. The molecule has 4 aromatic rings. The molecule has 4 aromatic carbocycles. The molecule has 0 atom stereocenters. The fourth-order valence-electron chi connectivity index (χ4n) is 4.67. The standard InChI is InChI=1S/C42H50N2O8/c1-5-9-27-47-34-19-13-31(14-20-34)41(45)51-36-23-17-33(18-24-36)43-44-37-25-26-38(40(50-30-12-8-4)39(37)49-29-11-7-3)52-42(46)32-15-21-35(22-16-32)48-28-10-6-2/h13-26H,5-12,27-30H2,1-4H3. The van der Waals surface area contributed by atoms with Crippen LogP contribution in [0.25, 0.3) is 0 Å². The molecule has 0 unspecified atom stereocenters. The van der Waals surface area contributed by atoms with E-state index < -0.39 is 11.9 Å². The largest absolute Gasteiger partial charge is 0.494 e. The summed E-state index contributed by atoms with van der Waals surface area (Å²) < 4.78 is 35.2. The number of ether oxygens (including phenoxy) is 6. The summed E-state index contributed by atoms with van der Waals surface area (Å²) in [6.45, 7) is 10.4. The summed E-state index contributed by atoms with van der Waals surface area (Å²) in [7, 11) is 0. The summed E-state index contributed by atoms with van der Waals surface area (Å²) in [5, 5.41) is 8.89. The minimum Gasteiger partial charge on any atom is -0.494 e. The van der Waals surface area contributed by atoms with Crippen LogP contribution in [-0.2, 0) is 0 Å². The van der Waals surface area contributed by atoms with Gasteiger partial charge in [-0.05, 0) is 111 Å². The van der Waals surface area contributed by atoms with Gasteiger partial charge in [-0.2, -0.15) is 5.11 Å². The molecule has 10 heteroatoms. The first-order chi connectivity index (χ1) is 25.4. The lowest BCUT2D eigenvalue weighted by atomic mass is 10.2. The maximum absolute atomic E-state index is 13.2. The van der Waals surface area contributed by atoms with Gasteiger partial charge in [-0.15, -0.1) is 5.11 Å². The quantitative estimate of drug-likeness (QED) is 0.0343. The number of nitrogens with zero attached hydrogens (tertiary/aromatic N) is 2.